The SMILES string of the molecule is Cn1c(N)c(N=O)c(=O)n(CCO)c1=O. The van der Waals surface area contributed by atoms with E-state index in [1.165, 1.54) is 7.05 Å². The van der Waals surface area contributed by atoms with Gasteiger partial charge in [-0.1, -0.05) is 0 Å². The van der Waals surface area contributed by atoms with E-state index < -0.39 is 23.5 Å². The van der Waals surface area contributed by atoms with Gasteiger partial charge in [0.1, 0.15) is 5.82 Å². The fourth-order valence-corrected chi connectivity index (χ4v) is 1.15. The van der Waals surface area contributed by atoms with Crippen molar-refractivity contribution in [2.45, 2.75) is 6.54 Å². The van der Waals surface area contributed by atoms with Gasteiger partial charge in [0.15, 0.2) is 0 Å². The van der Waals surface area contributed by atoms with Crippen molar-refractivity contribution in [1.82, 2.24) is 9.13 Å². The van der Waals surface area contributed by atoms with Crippen molar-refractivity contribution < 1.29 is 5.11 Å². The number of nitrogens with two attached hydrogens (primary N) is 1. The van der Waals surface area contributed by atoms with Gasteiger partial charge in [-0.05, 0) is 5.18 Å². The summed E-state index contributed by atoms with van der Waals surface area (Å²) in [6.45, 7) is -0.592. The Balaban J connectivity index is 3.68. The monoisotopic (exact) mass is 214 g/mol. The van der Waals surface area contributed by atoms with Crippen LogP contribution in [0.4, 0.5) is 11.5 Å². The molecule has 0 saturated carbocycles. The molecule has 1 aromatic heterocycles. The third-order valence-corrected chi connectivity index (χ3v) is 1.98. The molecule has 0 atom stereocenters. The zero-order valence-corrected chi connectivity index (χ0v) is 8.01. The van der Waals surface area contributed by atoms with Gasteiger partial charge in [0.25, 0.3) is 5.56 Å². The molecular weight excluding hydrogens is 204 g/mol. The lowest BCUT2D eigenvalue weighted by Gasteiger charge is -2.08. The molecule has 0 aliphatic rings. The van der Waals surface area contributed by atoms with Crippen LogP contribution in [0.3, 0.4) is 0 Å². The van der Waals surface area contributed by atoms with E-state index in [4.69, 9.17) is 10.8 Å². The van der Waals surface area contributed by atoms with Crippen molar-refractivity contribution in [1.29, 1.82) is 0 Å². The molecule has 0 amide bonds. The molecule has 0 aliphatic carbocycles. The fourth-order valence-electron chi connectivity index (χ4n) is 1.15. The molecule has 15 heavy (non-hydrogen) atoms. The van der Waals surface area contributed by atoms with E-state index in [2.05, 4.69) is 5.18 Å². The van der Waals surface area contributed by atoms with Gasteiger partial charge in [-0.15, -0.1) is 4.91 Å². The van der Waals surface area contributed by atoms with E-state index in [1.807, 2.05) is 0 Å². The van der Waals surface area contributed by atoms with Crippen LogP contribution >= 0.6 is 0 Å². The fraction of sp³-hybridized carbons (Fsp3) is 0.429. The van der Waals surface area contributed by atoms with Gasteiger partial charge in [-0.3, -0.25) is 13.9 Å². The summed E-state index contributed by atoms with van der Waals surface area (Å²) >= 11 is 0. The maximum atomic E-state index is 11.5. The van der Waals surface area contributed by atoms with Crippen molar-refractivity contribution >= 4 is 11.5 Å². The highest BCUT2D eigenvalue weighted by molar-refractivity contribution is 5.55. The number of nitroso groups, excluding NO2 is 1. The maximum Gasteiger partial charge on any atom is 0.332 e. The molecule has 8 heteroatoms. The van der Waals surface area contributed by atoms with Crippen LogP contribution in [0, 0.1) is 4.91 Å². The topological polar surface area (TPSA) is 120 Å². The summed E-state index contributed by atoms with van der Waals surface area (Å²) in [5.41, 5.74) is 3.25. The van der Waals surface area contributed by atoms with Crippen molar-refractivity contribution in [2.75, 3.05) is 12.3 Å². The number of rotatable bonds is 3. The Morgan fingerprint density at radius 3 is 2.53 bits per heavy atom. The first-order valence-corrected chi connectivity index (χ1v) is 4.08. The van der Waals surface area contributed by atoms with Crippen molar-refractivity contribution in [3.05, 3.63) is 25.7 Å². The minimum Gasteiger partial charge on any atom is -0.395 e. The van der Waals surface area contributed by atoms with Gasteiger partial charge in [0.2, 0.25) is 5.69 Å². The second kappa shape index (κ2) is 4.05. The molecule has 0 unspecified atom stereocenters. The molecule has 0 aliphatic heterocycles. The molecular formula is C7H10N4O4. The lowest BCUT2D eigenvalue weighted by atomic mass is 10.4. The molecule has 1 heterocycles. The number of anilines is 1. The predicted molar refractivity (Wildman–Crippen MR) is 52.9 cm³/mol. The average Bonchev–Trinajstić information content (AvgIpc) is 2.22. The van der Waals surface area contributed by atoms with Gasteiger partial charge >= 0.3 is 5.69 Å². The summed E-state index contributed by atoms with van der Waals surface area (Å²) in [6.07, 6.45) is 0. The first-order chi connectivity index (χ1) is 7.04. The normalized spacial score (nSPS) is 10.3. The standard InChI is InChI=1S/C7H10N4O4/c1-10-5(8)4(9-15)6(13)11(2-3-12)7(10)14/h12H,2-3,8H2,1H3. The summed E-state index contributed by atoms with van der Waals surface area (Å²) in [5.74, 6) is -0.283. The van der Waals surface area contributed by atoms with Gasteiger partial charge in [-0.25, -0.2) is 4.79 Å². The quantitative estimate of drug-likeness (QED) is 0.594. The summed E-state index contributed by atoms with van der Waals surface area (Å²) in [7, 11) is 1.31. The van der Waals surface area contributed by atoms with Crippen molar-refractivity contribution in [3.63, 3.8) is 0 Å². The summed E-state index contributed by atoms with van der Waals surface area (Å²) < 4.78 is 1.63. The first kappa shape index (κ1) is 11.1. The van der Waals surface area contributed by atoms with Crippen LogP contribution in [-0.2, 0) is 13.6 Å². The van der Waals surface area contributed by atoms with Gasteiger partial charge < -0.3 is 10.8 Å². The van der Waals surface area contributed by atoms with Crippen LogP contribution < -0.4 is 17.0 Å². The van der Waals surface area contributed by atoms with Crippen LogP contribution in [0.1, 0.15) is 0 Å². The molecule has 0 aromatic carbocycles. The van der Waals surface area contributed by atoms with Crippen LogP contribution in [0.15, 0.2) is 14.8 Å². The van der Waals surface area contributed by atoms with Crippen LogP contribution in [0.5, 0.6) is 0 Å². The van der Waals surface area contributed by atoms with Gasteiger partial charge in [-0.2, -0.15) is 0 Å². The molecule has 82 valence electrons. The van der Waals surface area contributed by atoms with E-state index in [0.717, 1.165) is 4.57 Å². The zero-order chi connectivity index (χ0) is 11.6. The largest absolute Gasteiger partial charge is 0.395 e. The molecule has 8 nitrogen and oxygen atoms in total. The number of nitrogen functional groups attached to an aromatic ring is 1. The second-order valence-electron chi connectivity index (χ2n) is 2.85. The molecule has 3 N–H and O–H groups in total. The minimum atomic E-state index is -0.889. The highest BCUT2D eigenvalue weighted by Gasteiger charge is 2.15. The summed E-state index contributed by atoms with van der Waals surface area (Å²) in [5, 5.41) is 11.1. The zero-order valence-electron chi connectivity index (χ0n) is 8.01. The lowest BCUT2D eigenvalue weighted by Crippen LogP contribution is -2.40. The predicted octanol–water partition coefficient (Wildman–Crippen LogP) is -1.48. The first-order valence-electron chi connectivity index (χ1n) is 4.08. The number of hydrogen-bond donors (Lipinski definition) is 2. The molecule has 0 bridgehead atoms. The second-order valence-corrected chi connectivity index (χ2v) is 2.85. The summed E-state index contributed by atoms with van der Waals surface area (Å²) in [6, 6.07) is 0. The maximum absolute atomic E-state index is 11.5. The van der Waals surface area contributed by atoms with Gasteiger partial charge in [0.05, 0.1) is 13.2 Å². The Hall–Kier alpha value is -1.96. The Kier molecular flexibility index (Phi) is 3.00. The Morgan fingerprint density at radius 1 is 1.47 bits per heavy atom. The average molecular weight is 214 g/mol. The molecule has 0 fully saturated rings. The van der Waals surface area contributed by atoms with Crippen molar-refractivity contribution in [3.8, 4) is 0 Å². The van der Waals surface area contributed by atoms with E-state index in [1.54, 1.807) is 0 Å². The molecule has 1 aromatic rings. The lowest BCUT2D eigenvalue weighted by molar-refractivity contribution is 0.270. The highest BCUT2D eigenvalue weighted by Crippen LogP contribution is 2.11. The number of nitrogens with zero attached hydrogens (tertiary/aromatic N) is 3. The molecule has 1 rings (SSSR count). The number of aliphatic hydroxyl groups is 1. The molecule has 0 saturated heterocycles. The van der Waals surface area contributed by atoms with E-state index in [-0.39, 0.29) is 12.4 Å². The van der Waals surface area contributed by atoms with Crippen LogP contribution in [-0.4, -0.2) is 20.8 Å². The van der Waals surface area contributed by atoms with E-state index in [0.29, 0.717) is 4.57 Å². The van der Waals surface area contributed by atoms with E-state index in [9.17, 15) is 14.5 Å². The van der Waals surface area contributed by atoms with Crippen LogP contribution in [0.25, 0.3) is 0 Å². The Bertz CT molecular complexity index is 501. The smallest absolute Gasteiger partial charge is 0.332 e. The molecule has 0 radical (unpaired) electrons. The highest BCUT2D eigenvalue weighted by atomic mass is 16.3. The van der Waals surface area contributed by atoms with Crippen LogP contribution in [0.2, 0.25) is 0 Å². The molecule has 0 spiro atoms. The number of aromatic nitrogens is 2. The number of aliphatic hydroxyl groups excluding tert-OH is 1. The Labute approximate surface area is 83.5 Å². The van der Waals surface area contributed by atoms with E-state index >= 15 is 0 Å². The van der Waals surface area contributed by atoms with Crippen molar-refractivity contribution in [2.24, 2.45) is 12.2 Å². The number of hydrogen-bond acceptors (Lipinski definition) is 6. The van der Waals surface area contributed by atoms with Gasteiger partial charge in [0, 0.05) is 7.05 Å². The Morgan fingerprint density at radius 2 is 2.07 bits per heavy atom. The third-order valence-electron chi connectivity index (χ3n) is 1.98. The minimum absolute atomic E-state index is 0.200. The third kappa shape index (κ3) is 1.66. The summed E-state index contributed by atoms with van der Waals surface area (Å²) in [4.78, 5) is 33.3.